The molecule has 2 atom stereocenters. The van der Waals surface area contributed by atoms with Crippen LogP contribution >= 0.6 is 11.6 Å². The second-order valence-electron chi connectivity index (χ2n) is 5.99. The summed E-state index contributed by atoms with van der Waals surface area (Å²) in [6, 6.07) is 3.94. The molecule has 0 amide bonds. The second-order valence-corrected chi connectivity index (χ2v) is 6.34. The van der Waals surface area contributed by atoms with Crippen LogP contribution in [0.4, 0.5) is 14.5 Å². The van der Waals surface area contributed by atoms with Gasteiger partial charge in [-0.15, -0.1) is 0 Å². The SMILES string of the molecule is C[C@@H]1CN(c2[c]cc(C(=NO)c3nccnc3Cl)c(F)c2F)C[C@H](C)O1. The van der Waals surface area contributed by atoms with E-state index in [1.54, 1.807) is 4.90 Å². The van der Waals surface area contributed by atoms with Crippen molar-refractivity contribution in [2.24, 2.45) is 5.16 Å². The zero-order valence-electron chi connectivity index (χ0n) is 14.1. The molecule has 0 unspecified atom stereocenters. The van der Waals surface area contributed by atoms with Crippen LogP contribution in [0, 0.1) is 17.7 Å². The van der Waals surface area contributed by atoms with Gasteiger partial charge >= 0.3 is 0 Å². The highest BCUT2D eigenvalue weighted by atomic mass is 35.5. The van der Waals surface area contributed by atoms with Crippen molar-refractivity contribution < 1.29 is 18.7 Å². The molecule has 1 aromatic heterocycles. The average molecular weight is 382 g/mol. The standard InChI is InChI=1S/C17H16ClF2N4O2/c1-9-7-24(8-10(2)26-9)12-4-3-11(13(19)14(12)20)15(23-25)16-17(18)22-6-5-21-16/h3,5-6,9-10,25H,7-8H2,1-2H3/t9-,10+. The highest BCUT2D eigenvalue weighted by Crippen LogP contribution is 2.28. The molecule has 9 heteroatoms. The lowest BCUT2D eigenvalue weighted by Crippen LogP contribution is -2.46. The molecule has 137 valence electrons. The van der Waals surface area contributed by atoms with Gasteiger partial charge in [0.2, 0.25) is 0 Å². The molecule has 1 aromatic carbocycles. The van der Waals surface area contributed by atoms with Crippen molar-refractivity contribution in [3.8, 4) is 0 Å². The number of halogens is 3. The summed E-state index contributed by atoms with van der Waals surface area (Å²) in [5.74, 6) is -2.27. The summed E-state index contributed by atoms with van der Waals surface area (Å²) in [7, 11) is 0. The molecule has 0 bridgehead atoms. The number of hydrogen-bond acceptors (Lipinski definition) is 6. The number of aromatic nitrogens is 2. The fourth-order valence-corrected chi connectivity index (χ4v) is 3.16. The van der Waals surface area contributed by atoms with E-state index in [0.717, 1.165) is 0 Å². The van der Waals surface area contributed by atoms with Crippen molar-refractivity contribution in [2.75, 3.05) is 18.0 Å². The molecule has 1 aliphatic rings. The van der Waals surface area contributed by atoms with Gasteiger partial charge in [-0.1, -0.05) is 16.8 Å². The molecule has 1 fully saturated rings. The van der Waals surface area contributed by atoms with E-state index in [4.69, 9.17) is 16.3 Å². The van der Waals surface area contributed by atoms with Crippen molar-refractivity contribution in [1.29, 1.82) is 0 Å². The Bertz CT molecular complexity index is 840. The predicted octanol–water partition coefficient (Wildman–Crippen LogP) is 3.05. The van der Waals surface area contributed by atoms with E-state index in [9.17, 15) is 14.0 Å². The summed E-state index contributed by atoms with van der Waals surface area (Å²) in [5.41, 5.74) is -0.711. The summed E-state index contributed by atoms with van der Waals surface area (Å²) in [4.78, 5) is 9.38. The largest absolute Gasteiger partial charge is 0.410 e. The van der Waals surface area contributed by atoms with Crippen LogP contribution in [0.15, 0.2) is 23.6 Å². The zero-order valence-corrected chi connectivity index (χ0v) is 14.8. The maximum absolute atomic E-state index is 14.7. The van der Waals surface area contributed by atoms with Crippen LogP contribution in [0.3, 0.4) is 0 Å². The molecule has 3 rings (SSSR count). The van der Waals surface area contributed by atoms with Crippen LogP contribution in [0.2, 0.25) is 5.15 Å². The van der Waals surface area contributed by atoms with E-state index in [1.807, 2.05) is 13.8 Å². The summed E-state index contributed by atoms with van der Waals surface area (Å²) in [5, 5.41) is 12.2. The molecule has 1 aliphatic heterocycles. The topological polar surface area (TPSA) is 70.8 Å². The van der Waals surface area contributed by atoms with Crippen LogP contribution in [-0.4, -0.2) is 46.2 Å². The minimum absolute atomic E-state index is 0.00391. The van der Waals surface area contributed by atoms with Crippen LogP contribution in [-0.2, 0) is 4.74 Å². The Kier molecular flexibility index (Phi) is 5.33. The van der Waals surface area contributed by atoms with Gasteiger partial charge in [-0.25, -0.2) is 18.7 Å². The van der Waals surface area contributed by atoms with E-state index >= 15 is 0 Å². The molecule has 6 nitrogen and oxygen atoms in total. The Morgan fingerprint density at radius 1 is 1.27 bits per heavy atom. The summed E-state index contributed by atoms with van der Waals surface area (Å²) >= 11 is 5.91. The third-order valence-electron chi connectivity index (χ3n) is 3.96. The first kappa shape index (κ1) is 18.5. The van der Waals surface area contributed by atoms with Gasteiger partial charge in [-0.2, -0.15) is 0 Å². The molecule has 0 spiro atoms. The van der Waals surface area contributed by atoms with E-state index in [2.05, 4.69) is 21.2 Å². The number of anilines is 1. The fraction of sp³-hybridized carbons (Fsp3) is 0.353. The van der Waals surface area contributed by atoms with Crippen molar-refractivity contribution in [2.45, 2.75) is 26.1 Å². The first-order chi connectivity index (χ1) is 12.4. The Hall–Kier alpha value is -2.32. The number of morpholine rings is 1. The second kappa shape index (κ2) is 7.51. The molecule has 26 heavy (non-hydrogen) atoms. The first-order valence-corrected chi connectivity index (χ1v) is 8.29. The van der Waals surface area contributed by atoms with Gasteiger partial charge in [0.1, 0.15) is 11.4 Å². The summed E-state index contributed by atoms with van der Waals surface area (Å²) in [6.45, 7) is 4.54. The monoisotopic (exact) mass is 381 g/mol. The lowest BCUT2D eigenvalue weighted by molar-refractivity contribution is -0.00544. The Morgan fingerprint density at radius 2 is 1.92 bits per heavy atom. The molecular weight excluding hydrogens is 366 g/mol. The number of nitrogens with zero attached hydrogens (tertiary/aromatic N) is 4. The maximum atomic E-state index is 14.7. The van der Waals surface area contributed by atoms with E-state index < -0.39 is 11.6 Å². The van der Waals surface area contributed by atoms with Crippen LogP contribution in [0.1, 0.15) is 25.1 Å². The lowest BCUT2D eigenvalue weighted by atomic mass is 10.0. The maximum Gasteiger partial charge on any atom is 0.183 e. The van der Waals surface area contributed by atoms with Crippen molar-refractivity contribution in [3.05, 3.63) is 52.6 Å². The molecule has 2 heterocycles. The van der Waals surface area contributed by atoms with Crippen molar-refractivity contribution in [1.82, 2.24) is 9.97 Å². The van der Waals surface area contributed by atoms with Crippen LogP contribution in [0.5, 0.6) is 0 Å². The van der Waals surface area contributed by atoms with Gasteiger partial charge < -0.3 is 14.8 Å². The number of rotatable bonds is 3. The number of oxime groups is 1. The van der Waals surface area contributed by atoms with E-state index in [1.165, 1.54) is 18.5 Å². The van der Waals surface area contributed by atoms with Crippen molar-refractivity contribution >= 4 is 23.0 Å². The summed E-state index contributed by atoms with van der Waals surface area (Å²) in [6.07, 6.45) is 2.38. The van der Waals surface area contributed by atoms with Gasteiger partial charge in [0.05, 0.1) is 17.9 Å². The van der Waals surface area contributed by atoms with Gasteiger partial charge in [0.15, 0.2) is 16.8 Å². The molecule has 1 saturated heterocycles. The van der Waals surface area contributed by atoms with Gasteiger partial charge in [-0.05, 0) is 19.9 Å². The van der Waals surface area contributed by atoms with Gasteiger partial charge in [0, 0.05) is 37.1 Å². The number of ether oxygens (including phenoxy) is 1. The lowest BCUT2D eigenvalue weighted by Gasteiger charge is -2.36. The van der Waals surface area contributed by atoms with E-state index in [-0.39, 0.29) is 40.0 Å². The number of hydrogen-bond donors (Lipinski definition) is 1. The first-order valence-electron chi connectivity index (χ1n) is 7.91. The summed E-state index contributed by atoms with van der Waals surface area (Å²) < 4.78 is 35.1. The van der Waals surface area contributed by atoms with Gasteiger partial charge in [0.25, 0.3) is 0 Å². The molecule has 1 N–H and O–H groups in total. The minimum atomic E-state index is -1.18. The zero-order chi connectivity index (χ0) is 18.8. The fourth-order valence-electron chi connectivity index (χ4n) is 2.96. The molecule has 2 aromatic rings. The molecule has 0 aliphatic carbocycles. The third-order valence-corrected chi connectivity index (χ3v) is 4.24. The quantitative estimate of drug-likeness (QED) is 0.502. The Morgan fingerprint density at radius 3 is 2.54 bits per heavy atom. The minimum Gasteiger partial charge on any atom is -0.410 e. The molecular formula is C17H16ClF2N4O2. The third kappa shape index (κ3) is 3.47. The van der Waals surface area contributed by atoms with Gasteiger partial charge in [-0.3, -0.25) is 0 Å². The van der Waals surface area contributed by atoms with Crippen LogP contribution < -0.4 is 4.90 Å². The predicted molar refractivity (Wildman–Crippen MR) is 91.9 cm³/mol. The highest BCUT2D eigenvalue weighted by Gasteiger charge is 2.28. The molecule has 1 radical (unpaired) electrons. The number of benzene rings is 1. The Balaban J connectivity index is 2.01. The Labute approximate surface area is 154 Å². The van der Waals surface area contributed by atoms with Crippen molar-refractivity contribution in [3.63, 3.8) is 0 Å². The normalized spacial score (nSPS) is 21.1. The smallest absolute Gasteiger partial charge is 0.183 e. The highest BCUT2D eigenvalue weighted by molar-refractivity contribution is 6.33. The van der Waals surface area contributed by atoms with E-state index in [0.29, 0.717) is 13.1 Å². The average Bonchev–Trinajstić information content (AvgIpc) is 2.60. The van der Waals surface area contributed by atoms with Crippen LogP contribution in [0.25, 0.3) is 0 Å². The molecule has 0 saturated carbocycles.